The summed E-state index contributed by atoms with van der Waals surface area (Å²) in [6, 6.07) is 68.5. The van der Waals surface area contributed by atoms with E-state index in [1.807, 2.05) is 225 Å². The number of oxime groups is 1. The number of nitrogen functional groups attached to an aromatic ring is 1. The predicted octanol–water partition coefficient (Wildman–Crippen LogP) is 12.1. The normalized spacial score (nSPS) is 16.3. The third kappa shape index (κ3) is 12.0. The van der Waals surface area contributed by atoms with Gasteiger partial charge < -0.3 is 29.8 Å². The van der Waals surface area contributed by atoms with Crippen LogP contribution in [-0.2, 0) is 34.1 Å². The zero-order chi connectivity index (χ0) is 62.4. The second-order valence-corrected chi connectivity index (χ2v) is 24.3. The summed E-state index contributed by atoms with van der Waals surface area (Å²) in [7, 11) is 0. The monoisotopic (exact) mass is 1260 g/mol. The lowest BCUT2D eigenvalue weighted by atomic mass is 9.70. The van der Waals surface area contributed by atoms with Crippen LogP contribution >= 0.6 is 34.9 Å². The molecule has 7 aromatic carbocycles. The molecule has 2 atom stereocenters. The van der Waals surface area contributed by atoms with Gasteiger partial charge in [-0.2, -0.15) is 5.01 Å². The Balaban J connectivity index is 0.812. The maximum absolute atomic E-state index is 15.3. The maximum Gasteiger partial charge on any atom is 0.431 e. The van der Waals surface area contributed by atoms with Crippen LogP contribution in [0.15, 0.2) is 280 Å². The van der Waals surface area contributed by atoms with Crippen LogP contribution < -0.4 is 16.6 Å². The number of hydrogen-bond donors (Lipinski definition) is 3. The number of carbonyl (C=O) groups excluding carboxylic acids is 5. The molecule has 3 amide bonds. The number of thioether (sulfide) groups is 2. The van der Waals surface area contributed by atoms with Crippen molar-refractivity contribution in [3.05, 3.63) is 321 Å². The SMILES string of the molecule is CC1=NC2=CN(C(=O)OC(c3ccccc3)c3ccccc3)NN2C(SCC2=C(C(=O)OC(c3ccccc3)c3ccccc3)N3C(=O)[C@@H](NC(=O)C(=NOC(=O)c4ccco4)c4nc(C(c5ccccc5)(c5ccccc5)c5ccccc5)sc4N)[C@H]3SC2)=C1. The van der Waals surface area contributed by atoms with Crippen LogP contribution in [0.2, 0.25) is 0 Å². The average Bonchev–Trinajstić information content (AvgIpc) is 0.993. The van der Waals surface area contributed by atoms with Gasteiger partial charge in [-0.05, 0) is 69.6 Å². The van der Waals surface area contributed by atoms with E-state index in [0.29, 0.717) is 38.3 Å². The van der Waals surface area contributed by atoms with E-state index < -0.39 is 64.6 Å². The number of anilines is 1. The summed E-state index contributed by atoms with van der Waals surface area (Å²) < 4.78 is 18.0. The molecule has 452 valence electrons. The van der Waals surface area contributed by atoms with Crippen LogP contribution in [-0.4, -0.2) is 84.1 Å². The van der Waals surface area contributed by atoms with Crippen molar-refractivity contribution in [2.75, 3.05) is 17.2 Å². The van der Waals surface area contributed by atoms with E-state index in [2.05, 4.69) is 16.0 Å². The van der Waals surface area contributed by atoms with Gasteiger partial charge >= 0.3 is 18.0 Å². The highest BCUT2D eigenvalue weighted by Gasteiger charge is 2.55. The number of benzene rings is 7. The van der Waals surface area contributed by atoms with Crippen LogP contribution in [0.25, 0.3) is 0 Å². The van der Waals surface area contributed by atoms with Gasteiger partial charge in [-0.3, -0.25) is 14.5 Å². The van der Waals surface area contributed by atoms with Crippen molar-refractivity contribution in [3.8, 4) is 0 Å². The number of aliphatic imine (C=N–C) groups is 1. The summed E-state index contributed by atoms with van der Waals surface area (Å²) in [6.07, 6.45) is 2.39. The van der Waals surface area contributed by atoms with Crippen LogP contribution in [0.5, 0.6) is 0 Å². The highest BCUT2D eigenvalue weighted by Crippen LogP contribution is 2.49. The quantitative estimate of drug-likeness (QED) is 0.0171. The molecule has 4 aliphatic heterocycles. The van der Waals surface area contributed by atoms with Crippen molar-refractivity contribution < 1.29 is 42.7 Å². The van der Waals surface area contributed by atoms with Crippen molar-refractivity contribution in [2.24, 2.45) is 10.1 Å². The van der Waals surface area contributed by atoms with E-state index in [0.717, 1.165) is 39.2 Å². The molecular formula is C70H55N9O9S3. The molecule has 0 radical (unpaired) electrons. The number of thiazole rings is 1. The Hall–Kier alpha value is -10.6. The second-order valence-electron chi connectivity index (χ2n) is 21.2. The largest absolute Gasteiger partial charge is 0.457 e. The molecule has 0 unspecified atom stereocenters. The predicted molar refractivity (Wildman–Crippen MR) is 348 cm³/mol. The molecule has 4 aliphatic rings. The lowest BCUT2D eigenvalue weighted by Gasteiger charge is -2.49. The number of esters is 1. The zero-order valence-corrected chi connectivity index (χ0v) is 50.9. The third-order valence-corrected chi connectivity index (χ3v) is 18.9. The van der Waals surface area contributed by atoms with Gasteiger partial charge in [0, 0.05) is 17.2 Å². The maximum atomic E-state index is 15.3. The Morgan fingerprint density at radius 3 is 1.75 bits per heavy atom. The first-order valence-electron chi connectivity index (χ1n) is 28.9. The van der Waals surface area contributed by atoms with E-state index in [9.17, 15) is 9.59 Å². The zero-order valence-electron chi connectivity index (χ0n) is 48.5. The van der Waals surface area contributed by atoms with Gasteiger partial charge in [0.2, 0.25) is 5.76 Å². The van der Waals surface area contributed by atoms with Crippen molar-refractivity contribution >= 4 is 81.1 Å². The van der Waals surface area contributed by atoms with Gasteiger partial charge in [0.15, 0.2) is 23.7 Å². The first kappa shape index (κ1) is 59.4. The van der Waals surface area contributed by atoms with Crippen molar-refractivity contribution in [1.82, 2.24) is 30.8 Å². The summed E-state index contributed by atoms with van der Waals surface area (Å²) in [6.45, 7) is 1.83. The minimum Gasteiger partial charge on any atom is -0.457 e. The molecule has 21 heteroatoms. The molecule has 2 aromatic heterocycles. The number of allylic oxidation sites excluding steroid dienone is 1. The van der Waals surface area contributed by atoms with Gasteiger partial charge in [-0.15, -0.1) is 29.1 Å². The topological polar surface area (TPSA) is 224 Å². The van der Waals surface area contributed by atoms with Gasteiger partial charge in [0.25, 0.3) is 11.8 Å². The number of amides is 3. The molecule has 0 aliphatic carbocycles. The van der Waals surface area contributed by atoms with E-state index in [1.54, 1.807) is 11.2 Å². The van der Waals surface area contributed by atoms with E-state index in [-0.39, 0.29) is 33.7 Å². The van der Waals surface area contributed by atoms with Crippen molar-refractivity contribution in [2.45, 2.75) is 36.0 Å². The number of hydrazine groups is 2. The smallest absolute Gasteiger partial charge is 0.431 e. The summed E-state index contributed by atoms with van der Waals surface area (Å²) in [5.74, 6) is -2.78. The minimum atomic E-state index is -1.24. The third-order valence-electron chi connectivity index (χ3n) is 15.5. The summed E-state index contributed by atoms with van der Waals surface area (Å²) >= 11 is 3.81. The van der Waals surface area contributed by atoms with E-state index >= 15 is 14.4 Å². The molecule has 91 heavy (non-hydrogen) atoms. The fourth-order valence-electron chi connectivity index (χ4n) is 11.2. The lowest BCUT2D eigenvalue weighted by molar-refractivity contribution is -0.154. The Morgan fingerprint density at radius 1 is 0.714 bits per heavy atom. The average molecular weight is 1260 g/mol. The lowest BCUT2D eigenvalue weighted by Crippen LogP contribution is -2.71. The van der Waals surface area contributed by atoms with Crippen LogP contribution in [0.1, 0.15) is 79.3 Å². The van der Waals surface area contributed by atoms with Gasteiger partial charge in [0.05, 0.1) is 22.9 Å². The van der Waals surface area contributed by atoms with E-state index in [1.165, 1.54) is 51.8 Å². The fraction of sp³-hybridized carbons (Fsp3) is 0.114. The molecule has 4 N–H and O–H groups in total. The number of furan rings is 1. The summed E-state index contributed by atoms with van der Waals surface area (Å²) in [5.41, 5.74) is 15.1. The highest BCUT2D eigenvalue weighted by atomic mass is 32.2. The fourth-order valence-corrected chi connectivity index (χ4v) is 14.9. The molecule has 1 saturated heterocycles. The first-order valence-corrected chi connectivity index (χ1v) is 31.7. The molecule has 13 rings (SSSR count). The molecule has 0 spiro atoms. The number of nitrogens with two attached hydrogens (primary N) is 1. The number of rotatable bonds is 19. The first-order chi connectivity index (χ1) is 44.5. The van der Waals surface area contributed by atoms with Crippen LogP contribution in [0.3, 0.4) is 0 Å². The molecule has 0 saturated carbocycles. The number of nitrogens with one attached hydrogen (secondary N) is 2. The van der Waals surface area contributed by atoms with Crippen molar-refractivity contribution in [1.29, 1.82) is 0 Å². The van der Waals surface area contributed by atoms with E-state index in [4.69, 9.17) is 34.4 Å². The molecule has 18 nitrogen and oxygen atoms in total. The minimum absolute atomic E-state index is 0.00218. The number of aromatic nitrogens is 1. The van der Waals surface area contributed by atoms with Gasteiger partial charge in [0.1, 0.15) is 32.8 Å². The number of carbonyl (C=O) groups is 5. The highest BCUT2D eigenvalue weighted by molar-refractivity contribution is 8.03. The van der Waals surface area contributed by atoms with Gasteiger partial charge in [-0.25, -0.2) is 29.4 Å². The second kappa shape index (κ2) is 26.2. The number of hydrogen-bond acceptors (Lipinski definition) is 18. The number of ether oxygens (including phenoxy) is 2. The molecule has 9 aromatic rings. The Morgan fingerprint density at radius 2 is 1.23 bits per heavy atom. The Labute approximate surface area is 535 Å². The molecule has 0 bridgehead atoms. The molecule has 1 fully saturated rings. The molecule has 6 heterocycles. The molecular weight excluding hydrogens is 1210 g/mol. The number of fused-ring (bicyclic) bond motifs is 2. The standard InChI is InChI=1S/C70H55N9O9S3/c1-44-40-55(79-54(72-44)41-77(76-79)69(84)87-61(47-28-13-4-14-29-47)48-30-15-5-16-31-48)89-42-49-43-90-65-58(64(81)78(65)59(49)67(83)86-60(45-24-9-2-10-25-45)46-26-11-3-12-27-46)73-63(80)57(75-88-66(82)53-38-23-39-85-53)56-62(71)91-68(74-56)70(50-32-17-6-18-33-50,51-34-19-7-20-35-51)52-36-21-8-22-37-52/h2-41,58,60-61,65,76H,42-43,71H2,1H3,(H,73,80)/t58-,65-/m1/s1. The summed E-state index contributed by atoms with van der Waals surface area (Å²) in [4.78, 5) is 89.7. The number of β-lactam (4-membered cyclic amide) rings is 1. The Kier molecular flexibility index (Phi) is 17.1. The van der Waals surface area contributed by atoms with Gasteiger partial charge in [-0.1, -0.05) is 229 Å². The Bertz CT molecular complexity index is 4150. The van der Waals surface area contributed by atoms with Crippen molar-refractivity contribution in [3.63, 3.8) is 0 Å². The van der Waals surface area contributed by atoms with Crippen LogP contribution in [0, 0.1) is 0 Å². The van der Waals surface area contributed by atoms with Crippen LogP contribution in [0.4, 0.5) is 9.80 Å². The summed E-state index contributed by atoms with van der Waals surface area (Å²) in [5, 5.41) is 10.2. The number of nitrogens with zero attached hydrogens (tertiary/aromatic N) is 6.